The Morgan fingerprint density at radius 2 is 2.11 bits per heavy atom. The Kier molecular flexibility index (Phi) is 3.39. The van der Waals surface area contributed by atoms with Crippen LogP contribution in [0.2, 0.25) is 5.02 Å². The first kappa shape index (κ1) is 12.2. The first-order valence-corrected chi connectivity index (χ1v) is 6.73. The SMILES string of the molecule is S=c1oc2ccc(Cl)cc2n1C[NH+]1CCOCC1. The van der Waals surface area contributed by atoms with Gasteiger partial charge in [0, 0.05) is 5.02 Å². The molecular weight excluding hydrogens is 272 g/mol. The summed E-state index contributed by atoms with van der Waals surface area (Å²) in [5, 5.41) is 0.698. The molecule has 0 atom stereocenters. The number of benzene rings is 1. The fraction of sp³-hybridized carbons (Fsp3) is 0.417. The highest BCUT2D eigenvalue weighted by atomic mass is 35.5. The van der Waals surface area contributed by atoms with Crippen LogP contribution in [-0.2, 0) is 11.4 Å². The largest absolute Gasteiger partial charge is 0.429 e. The summed E-state index contributed by atoms with van der Waals surface area (Å²) in [4.78, 5) is 1.95. The lowest BCUT2D eigenvalue weighted by atomic mass is 10.3. The van der Waals surface area contributed by atoms with Crippen molar-refractivity contribution < 1.29 is 14.1 Å². The monoisotopic (exact) mass is 285 g/mol. The predicted octanol–water partition coefficient (Wildman–Crippen LogP) is 1.49. The van der Waals surface area contributed by atoms with E-state index < -0.39 is 0 Å². The van der Waals surface area contributed by atoms with Crippen molar-refractivity contribution in [2.75, 3.05) is 26.3 Å². The summed E-state index contributed by atoms with van der Waals surface area (Å²) in [6.07, 6.45) is 0. The van der Waals surface area contributed by atoms with Crippen molar-refractivity contribution in [3.8, 4) is 0 Å². The molecule has 1 aromatic carbocycles. The molecular formula is C12H14ClN2O2S+. The zero-order chi connectivity index (χ0) is 12.5. The Morgan fingerprint density at radius 1 is 1.33 bits per heavy atom. The van der Waals surface area contributed by atoms with Crippen molar-refractivity contribution in [3.63, 3.8) is 0 Å². The molecule has 0 bridgehead atoms. The second-order valence-electron chi connectivity index (χ2n) is 4.43. The van der Waals surface area contributed by atoms with Gasteiger partial charge in [-0.3, -0.25) is 4.57 Å². The second kappa shape index (κ2) is 5.01. The number of hydrogen-bond acceptors (Lipinski definition) is 3. The van der Waals surface area contributed by atoms with Crippen LogP contribution in [0.3, 0.4) is 0 Å². The highest BCUT2D eigenvalue weighted by Crippen LogP contribution is 2.21. The zero-order valence-electron chi connectivity index (χ0n) is 9.82. The summed E-state index contributed by atoms with van der Waals surface area (Å²) in [6.45, 7) is 4.40. The van der Waals surface area contributed by atoms with E-state index in [1.165, 1.54) is 4.90 Å². The summed E-state index contributed by atoms with van der Waals surface area (Å²) in [7, 11) is 0. The molecule has 0 unspecified atom stereocenters. The number of nitrogens with one attached hydrogen (secondary N) is 1. The highest BCUT2D eigenvalue weighted by molar-refractivity contribution is 7.71. The molecule has 0 aliphatic carbocycles. The van der Waals surface area contributed by atoms with E-state index in [2.05, 4.69) is 0 Å². The minimum absolute atomic E-state index is 0.506. The molecule has 3 rings (SSSR count). The van der Waals surface area contributed by atoms with Gasteiger partial charge in [0.2, 0.25) is 0 Å². The van der Waals surface area contributed by atoms with Gasteiger partial charge in [0.25, 0.3) is 4.84 Å². The standard InChI is InChI=1S/C12H13ClN2O2S/c13-9-1-2-11-10(7-9)15(12(18)17-11)8-14-3-5-16-6-4-14/h1-2,7H,3-6,8H2/p+1. The second-order valence-corrected chi connectivity index (χ2v) is 5.21. The molecule has 0 spiro atoms. The Balaban J connectivity index is 1.97. The van der Waals surface area contributed by atoms with E-state index in [9.17, 15) is 0 Å². The Morgan fingerprint density at radius 3 is 2.89 bits per heavy atom. The van der Waals surface area contributed by atoms with Gasteiger partial charge in [-0.1, -0.05) is 11.6 Å². The molecule has 1 aromatic heterocycles. The number of oxazole rings is 1. The molecule has 2 aromatic rings. The molecule has 4 nitrogen and oxygen atoms in total. The number of ether oxygens (including phenoxy) is 1. The van der Waals surface area contributed by atoms with Crippen LogP contribution in [0.4, 0.5) is 0 Å². The lowest BCUT2D eigenvalue weighted by Gasteiger charge is -2.23. The number of morpholine rings is 1. The van der Waals surface area contributed by atoms with Gasteiger partial charge in [0.1, 0.15) is 13.1 Å². The summed E-state index contributed by atoms with van der Waals surface area (Å²) in [6, 6.07) is 5.57. The maximum atomic E-state index is 6.03. The fourth-order valence-electron chi connectivity index (χ4n) is 2.23. The number of hydrogen-bond donors (Lipinski definition) is 1. The number of aromatic nitrogens is 1. The molecule has 1 N–H and O–H groups in total. The summed E-state index contributed by atoms with van der Waals surface area (Å²) < 4.78 is 12.9. The van der Waals surface area contributed by atoms with Crippen LogP contribution < -0.4 is 4.90 Å². The van der Waals surface area contributed by atoms with Gasteiger partial charge in [-0.25, -0.2) is 0 Å². The maximum absolute atomic E-state index is 6.03. The summed E-state index contributed by atoms with van der Waals surface area (Å²) >= 11 is 11.3. The zero-order valence-corrected chi connectivity index (χ0v) is 11.4. The van der Waals surface area contributed by atoms with Gasteiger partial charge in [0.05, 0.1) is 18.7 Å². The number of quaternary nitrogens is 1. The van der Waals surface area contributed by atoms with Crippen LogP contribution in [0.1, 0.15) is 0 Å². The van der Waals surface area contributed by atoms with Gasteiger partial charge < -0.3 is 14.1 Å². The third-order valence-corrected chi connectivity index (χ3v) is 3.75. The quantitative estimate of drug-likeness (QED) is 0.849. The van der Waals surface area contributed by atoms with Crippen LogP contribution in [0, 0.1) is 4.84 Å². The maximum Gasteiger partial charge on any atom is 0.274 e. The van der Waals surface area contributed by atoms with E-state index in [1.54, 1.807) is 0 Å². The van der Waals surface area contributed by atoms with Gasteiger partial charge in [-0.2, -0.15) is 0 Å². The fourth-order valence-corrected chi connectivity index (χ4v) is 2.65. The van der Waals surface area contributed by atoms with Gasteiger partial charge in [-0.15, -0.1) is 0 Å². The van der Waals surface area contributed by atoms with Crippen molar-refractivity contribution in [2.45, 2.75) is 6.67 Å². The molecule has 0 amide bonds. The smallest absolute Gasteiger partial charge is 0.274 e. The van der Waals surface area contributed by atoms with Crippen molar-refractivity contribution in [1.82, 2.24) is 4.57 Å². The van der Waals surface area contributed by atoms with Crippen LogP contribution in [0.25, 0.3) is 11.1 Å². The van der Waals surface area contributed by atoms with Crippen LogP contribution in [0.5, 0.6) is 0 Å². The van der Waals surface area contributed by atoms with Crippen molar-refractivity contribution >= 4 is 34.9 Å². The Labute approximate surface area is 115 Å². The van der Waals surface area contributed by atoms with E-state index in [1.807, 2.05) is 22.8 Å². The molecule has 1 saturated heterocycles. The Hall–Kier alpha value is -0.880. The average molecular weight is 286 g/mol. The van der Waals surface area contributed by atoms with Gasteiger partial charge in [0.15, 0.2) is 12.3 Å². The highest BCUT2D eigenvalue weighted by Gasteiger charge is 2.17. The number of nitrogens with zero attached hydrogens (tertiary/aromatic N) is 1. The lowest BCUT2D eigenvalue weighted by molar-refractivity contribution is -0.930. The lowest BCUT2D eigenvalue weighted by Crippen LogP contribution is -3.13. The third-order valence-electron chi connectivity index (χ3n) is 3.21. The van der Waals surface area contributed by atoms with E-state index in [4.69, 9.17) is 33.0 Å². The average Bonchev–Trinajstić information content (AvgIpc) is 2.67. The van der Waals surface area contributed by atoms with Crippen molar-refractivity contribution in [3.05, 3.63) is 28.1 Å². The normalized spacial score (nSPS) is 17.4. The molecule has 2 heterocycles. The summed E-state index contributed by atoms with van der Waals surface area (Å²) in [5.41, 5.74) is 1.75. The third kappa shape index (κ3) is 2.31. The van der Waals surface area contributed by atoms with Gasteiger partial charge in [-0.05, 0) is 30.4 Å². The topological polar surface area (TPSA) is 31.7 Å². The van der Waals surface area contributed by atoms with Gasteiger partial charge >= 0.3 is 0 Å². The first-order chi connectivity index (χ1) is 8.74. The molecule has 1 aliphatic heterocycles. The number of rotatable bonds is 2. The van der Waals surface area contributed by atoms with E-state index in [0.29, 0.717) is 9.86 Å². The van der Waals surface area contributed by atoms with E-state index in [-0.39, 0.29) is 0 Å². The molecule has 1 fully saturated rings. The van der Waals surface area contributed by atoms with Crippen LogP contribution in [-0.4, -0.2) is 30.9 Å². The minimum Gasteiger partial charge on any atom is -0.429 e. The molecule has 1 aliphatic rings. The first-order valence-electron chi connectivity index (χ1n) is 5.94. The Bertz CT molecular complexity index is 616. The number of halogens is 1. The molecule has 0 saturated carbocycles. The van der Waals surface area contributed by atoms with Crippen LogP contribution in [0.15, 0.2) is 22.6 Å². The molecule has 96 valence electrons. The van der Waals surface area contributed by atoms with Crippen molar-refractivity contribution in [2.24, 2.45) is 0 Å². The van der Waals surface area contributed by atoms with Crippen molar-refractivity contribution in [1.29, 1.82) is 0 Å². The van der Waals surface area contributed by atoms with E-state index >= 15 is 0 Å². The number of fused-ring (bicyclic) bond motifs is 1. The minimum atomic E-state index is 0.506. The molecule has 6 heteroatoms. The molecule has 18 heavy (non-hydrogen) atoms. The molecule has 0 radical (unpaired) electrons. The van der Waals surface area contributed by atoms with E-state index in [0.717, 1.165) is 44.1 Å². The van der Waals surface area contributed by atoms with Crippen LogP contribution >= 0.6 is 23.8 Å². The predicted molar refractivity (Wildman–Crippen MR) is 71.6 cm³/mol. The summed E-state index contributed by atoms with van der Waals surface area (Å²) in [5.74, 6) is 0.